The highest BCUT2D eigenvalue weighted by molar-refractivity contribution is 7.89. The summed E-state index contributed by atoms with van der Waals surface area (Å²) < 4.78 is 27.4. The summed E-state index contributed by atoms with van der Waals surface area (Å²) in [6, 6.07) is 9.91. The first-order valence-corrected chi connectivity index (χ1v) is 11.7. The minimum Gasteiger partial charge on any atom is -0.340 e. The maximum Gasteiger partial charge on any atom is 0.244 e. The molecule has 4 rings (SSSR count). The van der Waals surface area contributed by atoms with Crippen LogP contribution >= 0.6 is 0 Å². The van der Waals surface area contributed by atoms with Crippen LogP contribution in [0.5, 0.6) is 0 Å². The first-order chi connectivity index (χ1) is 15.0. The Bertz CT molecular complexity index is 1080. The van der Waals surface area contributed by atoms with Gasteiger partial charge in [-0.25, -0.2) is 18.4 Å². The molecule has 1 aromatic carbocycles. The smallest absolute Gasteiger partial charge is 0.244 e. The summed E-state index contributed by atoms with van der Waals surface area (Å²) in [6.07, 6.45) is 5.07. The van der Waals surface area contributed by atoms with E-state index in [0.717, 1.165) is 19.4 Å². The molecule has 2 aliphatic rings. The van der Waals surface area contributed by atoms with Crippen LogP contribution < -0.4 is 4.90 Å². The number of piperidine rings is 1. The molecule has 0 saturated carbocycles. The van der Waals surface area contributed by atoms with Crippen molar-refractivity contribution in [3.63, 3.8) is 0 Å². The Hall–Kier alpha value is -3.03. The Kier molecular flexibility index (Phi) is 6.15. The predicted molar refractivity (Wildman–Crippen MR) is 113 cm³/mol. The minimum atomic E-state index is -3.78. The van der Waals surface area contributed by atoms with Crippen molar-refractivity contribution in [3.05, 3.63) is 48.3 Å². The summed E-state index contributed by atoms with van der Waals surface area (Å²) in [5.74, 6) is 0.530. The van der Waals surface area contributed by atoms with Crippen LogP contribution in [0.2, 0.25) is 0 Å². The average Bonchev–Trinajstić information content (AvgIpc) is 2.84. The van der Waals surface area contributed by atoms with Gasteiger partial charge in [-0.05, 0) is 31.0 Å². The molecule has 31 heavy (non-hydrogen) atoms. The number of sulfonamides is 1. The molecule has 0 bridgehead atoms. The van der Waals surface area contributed by atoms with Crippen LogP contribution in [-0.4, -0.2) is 72.8 Å². The summed E-state index contributed by atoms with van der Waals surface area (Å²) >= 11 is 0. The van der Waals surface area contributed by atoms with Gasteiger partial charge in [-0.2, -0.15) is 9.57 Å². The Morgan fingerprint density at radius 1 is 1.03 bits per heavy atom. The fourth-order valence-electron chi connectivity index (χ4n) is 4.14. The number of nitriles is 1. The van der Waals surface area contributed by atoms with Crippen molar-refractivity contribution in [2.45, 2.75) is 17.7 Å². The maximum atomic E-state index is 13.1. The molecule has 0 radical (unpaired) electrons. The van der Waals surface area contributed by atoms with Crippen molar-refractivity contribution in [2.75, 3.05) is 44.2 Å². The Labute approximate surface area is 182 Å². The van der Waals surface area contributed by atoms with E-state index in [1.807, 2.05) is 11.0 Å². The lowest BCUT2D eigenvalue weighted by Crippen LogP contribution is -2.53. The number of hydrogen-bond acceptors (Lipinski definition) is 7. The van der Waals surface area contributed by atoms with Crippen molar-refractivity contribution in [1.82, 2.24) is 19.2 Å². The monoisotopic (exact) mass is 440 g/mol. The molecule has 1 amide bonds. The lowest BCUT2D eigenvalue weighted by Gasteiger charge is -2.38. The van der Waals surface area contributed by atoms with E-state index in [2.05, 4.69) is 9.97 Å². The second-order valence-corrected chi connectivity index (χ2v) is 9.58. The molecular formula is C21H24N6O3S. The third-order valence-electron chi connectivity index (χ3n) is 5.78. The lowest BCUT2D eigenvalue weighted by atomic mass is 9.96. The molecule has 0 spiro atoms. The van der Waals surface area contributed by atoms with E-state index < -0.39 is 10.0 Å². The summed E-state index contributed by atoms with van der Waals surface area (Å²) in [6.45, 7) is 2.49. The van der Waals surface area contributed by atoms with Gasteiger partial charge in [0.25, 0.3) is 0 Å². The first-order valence-electron chi connectivity index (χ1n) is 10.3. The normalized spacial score (nSPS) is 20.3. The predicted octanol–water partition coefficient (Wildman–Crippen LogP) is 1.10. The zero-order valence-electron chi connectivity index (χ0n) is 17.1. The van der Waals surface area contributed by atoms with Crippen molar-refractivity contribution >= 4 is 21.9 Å². The third-order valence-corrected chi connectivity index (χ3v) is 7.74. The first kappa shape index (κ1) is 21.2. The molecule has 0 N–H and O–H groups in total. The summed E-state index contributed by atoms with van der Waals surface area (Å²) in [7, 11) is -3.78. The Balaban J connectivity index is 1.39. The molecule has 2 aromatic rings. The number of rotatable bonds is 4. The number of carbonyl (C=O) groups is 1. The number of piperazine rings is 1. The second kappa shape index (κ2) is 8.99. The molecule has 1 atom stereocenters. The van der Waals surface area contributed by atoms with Crippen LogP contribution in [0.4, 0.5) is 5.95 Å². The zero-order valence-corrected chi connectivity index (χ0v) is 17.9. The van der Waals surface area contributed by atoms with Gasteiger partial charge in [-0.15, -0.1) is 0 Å². The van der Waals surface area contributed by atoms with Gasteiger partial charge < -0.3 is 9.80 Å². The van der Waals surface area contributed by atoms with Crippen LogP contribution in [0.25, 0.3) is 0 Å². The molecule has 3 heterocycles. The second-order valence-electron chi connectivity index (χ2n) is 7.67. The van der Waals surface area contributed by atoms with Gasteiger partial charge in [0.1, 0.15) is 6.07 Å². The van der Waals surface area contributed by atoms with E-state index in [-0.39, 0.29) is 35.4 Å². The van der Waals surface area contributed by atoms with E-state index in [1.165, 1.54) is 16.4 Å². The molecule has 1 unspecified atom stereocenters. The average molecular weight is 441 g/mol. The van der Waals surface area contributed by atoms with Crippen LogP contribution in [0.15, 0.2) is 47.6 Å². The maximum absolute atomic E-state index is 13.1. The number of nitrogens with zero attached hydrogens (tertiary/aromatic N) is 6. The van der Waals surface area contributed by atoms with Gasteiger partial charge >= 0.3 is 0 Å². The molecule has 10 heteroatoms. The van der Waals surface area contributed by atoms with Gasteiger partial charge in [0.05, 0.1) is 16.4 Å². The minimum absolute atomic E-state index is 0.0167. The molecule has 162 valence electrons. The molecular weight excluding hydrogens is 416 g/mol. The topological polar surface area (TPSA) is 110 Å². The van der Waals surface area contributed by atoms with Crippen LogP contribution in [-0.2, 0) is 14.8 Å². The molecule has 2 aliphatic heterocycles. The largest absolute Gasteiger partial charge is 0.340 e. The van der Waals surface area contributed by atoms with Gasteiger partial charge in [0.2, 0.25) is 21.9 Å². The number of hydrogen-bond donors (Lipinski definition) is 0. The van der Waals surface area contributed by atoms with Gasteiger partial charge in [0, 0.05) is 51.7 Å². The highest BCUT2D eigenvalue weighted by Crippen LogP contribution is 2.24. The standard InChI is InChI=1S/C21H24N6O3S/c22-15-17-5-1-2-7-19(17)31(29,30)27-13-11-25(12-14-27)20(28)18-6-3-10-26(16-18)21-23-8-4-9-24-21/h1-2,4-5,7-9,18H,3,6,10-14,16H2. The number of anilines is 1. The fourth-order valence-corrected chi connectivity index (χ4v) is 5.71. The van der Waals surface area contributed by atoms with E-state index in [4.69, 9.17) is 0 Å². The SMILES string of the molecule is N#Cc1ccccc1S(=O)(=O)N1CCN(C(=O)C2CCCN(c3ncccn3)C2)CC1. The number of aromatic nitrogens is 2. The molecule has 9 nitrogen and oxygen atoms in total. The molecule has 2 fully saturated rings. The zero-order chi connectivity index (χ0) is 21.8. The van der Waals surface area contributed by atoms with Gasteiger partial charge in [-0.3, -0.25) is 4.79 Å². The molecule has 0 aliphatic carbocycles. The number of carbonyl (C=O) groups excluding carboxylic acids is 1. The van der Waals surface area contributed by atoms with E-state index in [1.54, 1.807) is 35.5 Å². The number of benzene rings is 1. The fraction of sp³-hybridized carbons (Fsp3) is 0.429. The molecule has 2 saturated heterocycles. The highest BCUT2D eigenvalue weighted by Gasteiger charge is 2.35. The Morgan fingerprint density at radius 2 is 1.74 bits per heavy atom. The van der Waals surface area contributed by atoms with Crippen molar-refractivity contribution in [3.8, 4) is 6.07 Å². The van der Waals surface area contributed by atoms with Gasteiger partial charge in [-0.1, -0.05) is 12.1 Å². The van der Waals surface area contributed by atoms with Gasteiger partial charge in [0.15, 0.2) is 0 Å². The van der Waals surface area contributed by atoms with E-state index >= 15 is 0 Å². The third kappa shape index (κ3) is 4.38. The van der Waals surface area contributed by atoms with Crippen molar-refractivity contribution in [2.24, 2.45) is 5.92 Å². The summed E-state index contributed by atoms with van der Waals surface area (Å²) in [5, 5.41) is 9.24. The van der Waals surface area contributed by atoms with Crippen LogP contribution in [0, 0.1) is 17.2 Å². The lowest BCUT2D eigenvalue weighted by molar-refractivity contribution is -0.137. The Morgan fingerprint density at radius 3 is 2.45 bits per heavy atom. The van der Waals surface area contributed by atoms with Crippen LogP contribution in [0.3, 0.4) is 0 Å². The van der Waals surface area contributed by atoms with E-state index in [0.29, 0.717) is 25.6 Å². The van der Waals surface area contributed by atoms with Crippen LogP contribution in [0.1, 0.15) is 18.4 Å². The summed E-state index contributed by atoms with van der Waals surface area (Å²) in [5.41, 5.74) is 0.131. The number of amides is 1. The van der Waals surface area contributed by atoms with E-state index in [9.17, 15) is 18.5 Å². The summed E-state index contributed by atoms with van der Waals surface area (Å²) in [4.78, 5) is 25.5. The van der Waals surface area contributed by atoms with Crippen molar-refractivity contribution in [1.29, 1.82) is 5.26 Å². The quantitative estimate of drug-likeness (QED) is 0.700. The van der Waals surface area contributed by atoms with Crippen molar-refractivity contribution < 1.29 is 13.2 Å². The highest BCUT2D eigenvalue weighted by atomic mass is 32.2. The molecule has 1 aromatic heterocycles.